The molecule has 8 heteroatoms. The molecule has 0 unspecified atom stereocenters. The second-order valence-corrected chi connectivity index (χ2v) is 5.76. The smallest absolute Gasteiger partial charge is 0.407 e. The minimum atomic E-state index is -0.874. The van der Waals surface area contributed by atoms with Gasteiger partial charge in [0.2, 0.25) is 0 Å². The number of carbonyl (C=O) groups excluding carboxylic acids is 1. The summed E-state index contributed by atoms with van der Waals surface area (Å²) in [4.78, 5) is 32.3. The minimum absolute atomic E-state index is 0.00493. The number of nitrogens with zero attached hydrogens (tertiary/aromatic N) is 1. The summed E-state index contributed by atoms with van der Waals surface area (Å²) in [6, 6.07) is 5.71. The van der Waals surface area contributed by atoms with Crippen LogP contribution in [0.25, 0.3) is 0 Å². The molecule has 0 aromatic heterocycles. The molecule has 0 saturated heterocycles. The summed E-state index contributed by atoms with van der Waals surface area (Å²) in [6.07, 6.45) is 0.378. The summed E-state index contributed by atoms with van der Waals surface area (Å²) in [7, 11) is 0. The van der Waals surface area contributed by atoms with E-state index in [4.69, 9.17) is 9.84 Å². The van der Waals surface area contributed by atoms with Gasteiger partial charge in [0.25, 0.3) is 5.69 Å². The summed E-state index contributed by atoms with van der Waals surface area (Å²) in [5.74, 6) is -0.874. The summed E-state index contributed by atoms with van der Waals surface area (Å²) in [5, 5.41) is 21.8. The van der Waals surface area contributed by atoms with Crippen LogP contribution in [-0.2, 0) is 16.1 Å². The van der Waals surface area contributed by atoms with Crippen LogP contribution >= 0.6 is 0 Å². The molecule has 8 nitrogen and oxygen atoms in total. The third kappa shape index (κ3) is 7.25. The van der Waals surface area contributed by atoms with Gasteiger partial charge in [-0.25, -0.2) is 4.79 Å². The number of carboxylic acid groups (broad SMARTS) is 1. The third-order valence-corrected chi connectivity index (χ3v) is 3.15. The van der Waals surface area contributed by atoms with E-state index in [1.165, 1.54) is 24.3 Å². The molecule has 126 valence electrons. The van der Waals surface area contributed by atoms with Crippen molar-refractivity contribution in [3.63, 3.8) is 0 Å². The van der Waals surface area contributed by atoms with E-state index in [-0.39, 0.29) is 18.7 Å². The molecular formula is C15H20N2O6. The lowest BCUT2D eigenvalue weighted by Crippen LogP contribution is -2.43. The summed E-state index contributed by atoms with van der Waals surface area (Å²) in [6.45, 7) is 3.55. The highest BCUT2D eigenvalue weighted by molar-refractivity contribution is 5.68. The van der Waals surface area contributed by atoms with E-state index in [2.05, 4.69) is 5.32 Å². The number of rotatable bonds is 8. The van der Waals surface area contributed by atoms with E-state index in [0.717, 1.165) is 0 Å². The van der Waals surface area contributed by atoms with E-state index in [1.54, 1.807) is 13.8 Å². The Kier molecular flexibility index (Phi) is 6.49. The van der Waals surface area contributed by atoms with E-state index in [9.17, 15) is 19.7 Å². The first-order chi connectivity index (χ1) is 10.7. The molecule has 2 N–H and O–H groups in total. The Labute approximate surface area is 133 Å². The van der Waals surface area contributed by atoms with Crippen LogP contribution in [-0.4, -0.2) is 27.6 Å². The van der Waals surface area contributed by atoms with Gasteiger partial charge in [0.1, 0.15) is 6.61 Å². The van der Waals surface area contributed by atoms with E-state index in [1.807, 2.05) is 0 Å². The van der Waals surface area contributed by atoms with Crippen LogP contribution in [0.5, 0.6) is 0 Å². The van der Waals surface area contributed by atoms with Gasteiger partial charge in [-0.3, -0.25) is 14.9 Å². The fraction of sp³-hybridized carbons (Fsp3) is 0.467. The number of amides is 1. The lowest BCUT2D eigenvalue weighted by atomic mass is 9.97. The zero-order chi connectivity index (χ0) is 17.5. The third-order valence-electron chi connectivity index (χ3n) is 3.15. The maximum absolute atomic E-state index is 11.7. The standard InChI is InChI=1S/C15H20N2O6/c1-15(2,9-3-4-13(18)19)16-14(20)23-10-11-5-7-12(8-6-11)17(21)22/h5-8H,3-4,9-10H2,1-2H3,(H,16,20)(H,18,19). The number of nitro groups is 1. The van der Waals surface area contributed by atoms with Crippen LogP contribution < -0.4 is 5.32 Å². The largest absolute Gasteiger partial charge is 0.481 e. The van der Waals surface area contributed by atoms with Gasteiger partial charge in [0, 0.05) is 24.1 Å². The van der Waals surface area contributed by atoms with Gasteiger partial charge in [-0.15, -0.1) is 0 Å². The zero-order valence-electron chi connectivity index (χ0n) is 13.1. The fourth-order valence-electron chi connectivity index (χ4n) is 1.92. The normalized spacial score (nSPS) is 10.9. The number of nitrogens with one attached hydrogen (secondary N) is 1. The van der Waals surface area contributed by atoms with Crippen LogP contribution in [0, 0.1) is 10.1 Å². The summed E-state index contributed by atoms with van der Waals surface area (Å²) in [5.41, 5.74) is 0.0225. The molecule has 1 aromatic carbocycles. The SMILES string of the molecule is CC(C)(CCCC(=O)O)NC(=O)OCc1ccc([N+](=O)[O-])cc1. The van der Waals surface area contributed by atoms with Crippen molar-refractivity contribution < 1.29 is 24.4 Å². The Hall–Kier alpha value is -2.64. The lowest BCUT2D eigenvalue weighted by Gasteiger charge is -2.25. The van der Waals surface area contributed by atoms with Crippen LogP contribution in [0.1, 0.15) is 38.7 Å². The Morgan fingerprint density at radius 3 is 2.43 bits per heavy atom. The zero-order valence-corrected chi connectivity index (χ0v) is 13.1. The average Bonchev–Trinajstić information content (AvgIpc) is 2.44. The van der Waals surface area contributed by atoms with Gasteiger partial charge in [0.05, 0.1) is 4.92 Å². The number of carboxylic acids is 1. The van der Waals surface area contributed by atoms with Crippen molar-refractivity contribution in [2.24, 2.45) is 0 Å². The number of benzene rings is 1. The predicted molar refractivity (Wildman–Crippen MR) is 82.0 cm³/mol. The quantitative estimate of drug-likeness (QED) is 0.560. The molecule has 0 spiro atoms. The molecule has 1 amide bonds. The molecular weight excluding hydrogens is 304 g/mol. The molecule has 0 aliphatic carbocycles. The van der Waals surface area contributed by atoms with Crippen molar-refractivity contribution in [2.75, 3.05) is 0 Å². The van der Waals surface area contributed by atoms with E-state index < -0.39 is 22.5 Å². The number of hydrogen-bond acceptors (Lipinski definition) is 5. The average molecular weight is 324 g/mol. The Bertz CT molecular complexity index is 568. The minimum Gasteiger partial charge on any atom is -0.481 e. The summed E-state index contributed by atoms with van der Waals surface area (Å²) >= 11 is 0. The van der Waals surface area contributed by atoms with Crippen molar-refractivity contribution in [3.05, 3.63) is 39.9 Å². The van der Waals surface area contributed by atoms with Gasteiger partial charge >= 0.3 is 12.1 Å². The Morgan fingerprint density at radius 2 is 1.91 bits per heavy atom. The first-order valence-corrected chi connectivity index (χ1v) is 7.10. The van der Waals surface area contributed by atoms with E-state index in [0.29, 0.717) is 18.4 Å². The predicted octanol–water partition coefficient (Wildman–Crippen LogP) is 2.85. The van der Waals surface area contributed by atoms with Gasteiger partial charge < -0.3 is 15.2 Å². The molecule has 1 aromatic rings. The molecule has 0 radical (unpaired) electrons. The first kappa shape index (κ1) is 18.4. The highest BCUT2D eigenvalue weighted by atomic mass is 16.6. The number of carbonyl (C=O) groups is 2. The lowest BCUT2D eigenvalue weighted by molar-refractivity contribution is -0.384. The maximum atomic E-state index is 11.7. The van der Waals surface area contributed by atoms with Crippen LogP contribution in [0.4, 0.5) is 10.5 Å². The van der Waals surface area contributed by atoms with Crippen LogP contribution in [0.3, 0.4) is 0 Å². The van der Waals surface area contributed by atoms with Crippen molar-refractivity contribution in [2.45, 2.75) is 45.3 Å². The Morgan fingerprint density at radius 1 is 1.30 bits per heavy atom. The number of non-ortho nitro benzene ring substituents is 1. The second kappa shape index (κ2) is 8.11. The second-order valence-electron chi connectivity index (χ2n) is 5.76. The molecule has 0 fully saturated rings. The van der Waals surface area contributed by atoms with Crippen LogP contribution in [0.2, 0.25) is 0 Å². The van der Waals surface area contributed by atoms with Gasteiger partial charge in [-0.05, 0) is 44.4 Å². The monoisotopic (exact) mass is 324 g/mol. The maximum Gasteiger partial charge on any atom is 0.407 e. The number of alkyl carbamates (subject to hydrolysis) is 1. The fourth-order valence-corrected chi connectivity index (χ4v) is 1.92. The van der Waals surface area contributed by atoms with Crippen molar-refractivity contribution >= 4 is 17.7 Å². The summed E-state index contributed by atoms with van der Waals surface area (Å²) < 4.78 is 5.06. The molecule has 0 aliphatic heterocycles. The number of nitro benzene ring substituents is 1. The molecule has 0 bridgehead atoms. The Balaban J connectivity index is 2.40. The van der Waals surface area contributed by atoms with E-state index >= 15 is 0 Å². The topological polar surface area (TPSA) is 119 Å². The molecule has 0 atom stereocenters. The number of ether oxygens (including phenoxy) is 1. The van der Waals surface area contributed by atoms with Gasteiger partial charge in [-0.1, -0.05) is 0 Å². The molecule has 1 rings (SSSR count). The van der Waals surface area contributed by atoms with Crippen LogP contribution in [0.15, 0.2) is 24.3 Å². The van der Waals surface area contributed by atoms with Crippen molar-refractivity contribution in [1.29, 1.82) is 0 Å². The van der Waals surface area contributed by atoms with Gasteiger partial charge in [-0.2, -0.15) is 0 Å². The first-order valence-electron chi connectivity index (χ1n) is 7.10. The molecule has 23 heavy (non-hydrogen) atoms. The van der Waals surface area contributed by atoms with Crippen molar-refractivity contribution in [3.8, 4) is 0 Å². The molecule has 0 saturated carbocycles. The number of aliphatic carboxylic acids is 1. The van der Waals surface area contributed by atoms with Gasteiger partial charge in [0.15, 0.2) is 0 Å². The molecule has 0 aliphatic rings. The van der Waals surface area contributed by atoms with Crippen molar-refractivity contribution in [1.82, 2.24) is 5.32 Å². The highest BCUT2D eigenvalue weighted by Gasteiger charge is 2.21. The highest BCUT2D eigenvalue weighted by Crippen LogP contribution is 2.15. The molecule has 0 heterocycles. The number of hydrogen-bond donors (Lipinski definition) is 2.